The van der Waals surface area contributed by atoms with Crippen molar-refractivity contribution in [2.45, 2.75) is 6.92 Å². The van der Waals surface area contributed by atoms with Crippen LogP contribution in [-0.4, -0.2) is 23.8 Å². The zero-order valence-electron chi connectivity index (χ0n) is 10.3. The molecule has 4 nitrogen and oxygen atoms in total. The molecule has 0 radical (unpaired) electrons. The van der Waals surface area contributed by atoms with E-state index in [9.17, 15) is 0 Å². The highest BCUT2D eigenvalue weighted by Crippen LogP contribution is 2.27. The van der Waals surface area contributed by atoms with Crippen molar-refractivity contribution < 1.29 is 0 Å². The summed E-state index contributed by atoms with van der Waals surface area (Å²) in [5.74, 6) is 0.684. The average Bonchev–Trinajstić information content (AvgIpc) is 2.39. The zero-order chi connectivity index (χ0) is 13.1. The first kappa shape index (κ1) is 12.6. The fourth-order valence-corrected chi connectivity index (χ4v) is 2.08. The van der Waals surface area contributed by atoms with Crippen molar-refractivity contribution in [2.75, 3.05) is 18.5 Å². The van der Waals surface area contributed by atoms with Crippen LogP contribution in [0.3, 0.4) is 0 Å². The van der Waals surface area contributed by atoms with E-state index in [2.05, 4.69) is 16.3 Å². The number of hydrogen-bond donors (Lipinski definition) is 0. The zero-order valence-corrected chi connectivity index (χ0v) is 11.0. The van der Waals surface area contributed by atoms with Crippen LogP contribution in [0.5, 0.6) is 0 Å². The lowest BCUT2D eigenvalue weighted by molar-refractivity contribution is 0.708. The third-order valence-corrected chi connectivity index (χ3v) is 3.03. The van der Waals surface area contributed by atoms with Crippen LogP contribution in [0, 0.1) is 17.2 Å². The summed E-state index contributed by atoms with van der Waals surface area (Å²) >= 11 is 6.02. The Morgan fingerprint density at radius 1 is 1.33 bits per heavy atom. The molecule has 1 heterocycles. The summed E-state index contributed by atoms with van der Waals surface area (Å²) in [4.78, 5) is 1.93. The maximum absolute atomic E-state index is 8.85. The first-order valence-electron chi connectivity index (χ1n) is 5.65. The first-order valence-corrected chi connectivity index (χ1v) is 6.03. The Kier molecular flexibility index (Phi) is 3.63. The molecule has 1 aromatic heterocycles. The van der Waals surface area contributed by atoms with Crippen molar-refractivity contribution >= 4 is 28.2 Å². The van der Waals surface area contributed by atoms with Gasteiger partial charge in [0, 0.05) is 24.4 Å². The van der Waals surface area contributed by atoms with Crippen LogP contribution in [0.2, 0.25) is 5.15 Å². The number of nitrogens with zero attached hydrogens (tertiary/aromatic N) is 4. The van der Waals surface area contributed by atoms with Crippen LogP contribution in [-0.2, 0) is 0 Å². The average molecular weight is 261 g/mol. The van der Waals surface area contributed by atoms with E-state index < -0.39 is 0 Å². The van der Waals surface area contributed by atoms with Gasteiger partial charge in [-0.15, -0.1) is 10.2 Å². The van der Waals surface area contributed by atoms with Gasteiger partial charge in [-0.25, -0.2) is 0 Å². The lowest BCUT2D eigenvalue weighted by Gasteiger charge is -2.20. The Morgan fingerprint density at radius 3 is 2.67 bits per heavy atom. The molecule has 0 aliphatic heterocycles. The van der Waals surface area contributed by atoms with Gasteiger partial charge in [-0.3, -0.25) is 0 Å². The second-order valence-corrected chi connectivity index (χ2v) is 4.63. The minimum Gasteiger partial charge on any atom is -0.356 e. The molecule has 1 atom stereocenters. The maximum Gasteiger partial charge on any atom is 0.159 e. The van der Waals surface area contributed by atoms with Crippen LogP contribution >= 0.6 is 11.6 Å². The normalized spacial score (nSPS) is 12.1. The molecule has 1 unspecified atom stereocenters. The number of rotatable bonds is 3. The molecule has 2 aromatic rings. The molecule has 0 bridgehead atoms. The molecule has 5 heteroatoms. The molecule has 18 heavy (non-hydrogen) atoms. The van der Waals surface area contributed by atoms with E-state index in [0.29, 0.717) is 11.7 Å². The highest BCUT2D eigenvalue weighted by Gasteiger charge is 2.13. The topological polar surface area (TPSA) is 52.8 Å². The van der Waals surface area contributed by atoms with Crippen molar-refractivity contribution in [1.82, 2.24) is 10.2 Å². The summed E-state index contributed by atoms with van der Waals surface area (Å²) in [6.07, 6.45) is 0. The number of aromatic nitrogens is 2. The molecule has 1 aromatic carbocycles. The van der Waals surface area contributed by atoms with Crippen LogP contribution in [0.15, 0.2) is 24.3 Å². The monoisotopic (exact) mass is 260 g/mol. The van der Waals surface area contributed by atoms with Crippen molar-refractivity contribution in [1.29, 1.82) is 5.26 Å². The Labute approximate surface area is 111 Å². The number of benzene rings is 1. The van der Waals surface area contributed by atoms with Crippen molar-refractivity contribution in [3.8, 4) is 6.07 Å². The SMILES string of the molecule is CC(C#N)CN(C)c1nnc(Cl)c2ccccc12. The lowest BCUT2D eigenvalue weighted by atomic mass is 10.1. The van der Waals surface area contributed by atoms with E-state index in [-0.39, 0.29) is 5.92 Å². The highest BCUT2D eigenvalue weighted by molar-refractivity contribution is 6.34. The molecule has 0 spiro atoms. The van der Waals surface area contributed by atoms with Crippen molar-refractivity contribution in [2.24, 2.45) is 5.92 Å². The van der Waals surface area contributed by atoms with Gasteiger partial charge in [0.05, 0.1) is 12.0 Å². The van der Waals surface area contributed by atoms with Gasteiger partial charge in [0.2, 0.25) is 0 Å². The standard InChI is InChI=1S/C13H13ClN4/c1-9(7-15)8-18(2)13-11-6-4-3-5-10(11)12(14)16-17-13/h3-6,9H,8H2,1-2H3. The Balaban J connectivity index is 2.46. The lowest BCUT2D eigenvalue weighted by Crippen LogP contribution is -2.24. The molecule has 0 amide bonds. The van der Waals surface area contributed by atoms with Gasteiger partial charge in [-0.1, -0.05) is 35.9 Å². The molecule has 0 saturated heterocycles. The number of anilines is 1. The number of fused-ring (bicyclic) bond motifs is 1. The summed E-state index contributed by atoms with van der Waals surface area (Å²) in [5.41, 5.74) is 0. The molecule has 0 aliphatic rings. The Bertz CT molecular complexity index is 605. The first-order chi connectivity index (χ1) is 8.63. The Morgan fingerprint density at radius 2 is 2.00 bits per heavy atom. The van der Waals surface area contributed by atoms with E-state index in [0.717, 1.165) is 16.6 Å². The van der Waals surface area contributed by atoms with E-state index in [1.807, 2.05) is 43.1 Å². The molecule has 2 rings (SSSR count). The number of hydrogen-bond acceptors (Lipinski definition) is 4. The smallest absolute Gasteiger partial charge is 0.159 e. The fourth-order valence-electron chi connectivity index (χ4n) is 1.88. The summed E-state index contributed by atoms with van der Waals surface area (Å²) in [6.45, 7) is 2.48. The molecule has 0 N–H and O–H groups in total. The van der Waals surface area contributed by atoms with Gasteiger partial charge >= 0.3 is 0 Å². The number of halogens is 1. The summed E-state index contributed by atoms with van der Waals surface area (Å²) < 4.78 is 0. The van der Waals surface area contributed by atoms with Gasteiger partial charge in [0.15, 0.2) is 11.0 Å². The summed E-state index contributed by atoms with van der Waals surface area (Å²) in [7, 11) is 1.90. The maximum atomic E-state index is 8.85. The van der Waals surface area contributed by atoms with E-state index in [4.69, 9.17) is 16.9 Å². The molecule has 0 fully saturated rings. The van der Waals surface area contributed by atoms with Gasteiger partial charge in [0.25, 0.3) is 0 Å². The van der Waals surface area contributed by atoms with Crippen LogP contribution in [0.25, 0.3) is 10.8 Å². The van der Waals surface area contributed by atoms with Gasteiger partial charge in [-0.05, 0) is 6.92 Å². The summed E-state index contributed by atoms with van der Waals surface area (Å²) in [5, 5.41) is 19.2. The van der Waals surface area contributed by atoms with Crippen LogP contribution in [0.4, 0.5) is 5.82 Å². The van der Waals surface area contributed by atoms with Crippen molar-refractivity contribution in [3.63, 3.8) is 0 Å². The minimum atomic E-state index is -0.0637. The highest BCUT2D eigenvalue weighted by atomic mass is 35.5. The molecule has 0 aliphatic carbocycles. The van der Waals surface area contributed by atoms with Crippen LogP contribution < -0.4 is 4.90 Å². The molecular formula is C13H13ClN4. The largest absolute Gasteiger partial charge is 0.356 e. The third kappa shape index (κ3) is 2.36. The number of nitriles is 1. The van der Waals surface area contributed by atoms with Crippen molar-refractivity contribution in [3.05, 3.63) is 29.4 Å². The van der Waals surface area contributed by atoms with E-state index in [1.54, 1.807) is 0 Å². The summed E-state index contributed by atoms with van der Waals surface area (Å²) in [6, 6.07) is 9.93. The van der Waals surface area contributed by atoms with Gasteiger partial charge in [-0.2, -0.15) is 5.26 Å². The van der Waals surface area contributed by atoms with E-state index >= 15 is 0 Å². The minimum absolute atomic E-state index is 0.0637. The van der Waals surface area contributed by atoms with Gasteiger partial charge in [0.1, 0.15) is 0 Å². The van der Waals surface area contributed by atoms with Crippen LogP contribution in [0.1, 0.15) is 6.92 Å². The second kappa shape index (κ2) is 5.19. The molecule has 92 valence electrons. The predicted octanol–water partition coefficient (Wildman–Crippen LogP) is 2.88. The molecule has 0 saturated carbocycles. The Hall–Kier alpha value is -1.86. The molecular weight excluding hydrogens is 248 g/mol. The second-order valence-electron chi connectivity index (χ2n) is 4.27. The third-order valence-electron chi connectivity index (χ3n) is 2.75. The van der Waals surface area contributed by atoms with E-state index in [1.165, 1.54) is 0 Å². The fraction of sp³-hybridized carbons (Fsp3) is 0.308. The quantitative estimate of drug-likeness (QED) is 0.852. The predicted molar refractivity (Wildman–Crippen MR) is 72.6 cm³/mol. The van der Waals surface area contributed by atoms with Gasteiger partial charge < -0.3 is 4.90 Å².